The Kier molecular flexibility index (Phi) is 3.24. The molecule has 7 heavy (non-hydrogen) atoms. The molecule has 0 aliphatic carbocycles. The van der Waals surface area contributed by atoms with Gasteiger partial charge >= 0.3 is 58.7 Å². The summed E-state index contributed by atoms with van der Waals surface area (Å²) in [5, 5.41) is 0. The third-order valence-electron chi connectivity index (χ3n) is 0.441. The van der Waals surface area contributed by atoms with E-state index in [9.17, 15) is 4.79 Å². The van der Waals surface area contributed by atoms with Crippen LogP contribution in [0.1, 0.15) is 6.92 Å². The summed E-state index contributed by atoms with van der Waals surface area (Å²) in [6.07, 6.45) is 0. The predicted molar refractivity (Wildman–Crippen MR) is 26.7 cm³/mol. The molecule has 0 aliphatic heterocycles. The maximum absolute atomic E-state index is 10.2. The van der Waals surface area contributed by atoms with Crippen LogP contribution in [0.25, 0.3) is 0 Å². The van der Waals surface area contributed by atoms with Gasteiger partial charge in [0.2, 0.25) is 0 Å². The monoisotopic (exact) mass is 293 g/mol. The number of rotatable bonds is 1. The number of hydrogen-bond acceptors (Lipinski definition) is 2. The van der Waals surface area contributed by atoms with Crippen LogP contribution in [0.4, 0.5) is 0 Å². The van der Waals surface area contributed by atoms with Crippen LogP contribution in [-0.2, 0) is 7.48 Å². The van der Waals surface area contributed by atoms with Crippen LogP contribution in [0.15, 0.2) is 12.2 Å². The molecule has 0 atom stereocenters. The summed E-state index contributed by atoms with van der Waals surface area (Å²) in [6, 6.07) is 0. The van der Waals surface area contributed by atoms with E-state index in [1.807, 2.05) is 0 Å². The Bertz CT molecular complexity index is 97.9. The molecule has 0 heterocycles. The SMILES string of the molecule is C=C(C)C(=O)[O][Pb]. The van der Waals surface area contributed by atoms with Gasteiger partial charge in [-0.25, -0.2) is 0 Å². The summed E-state index contributed by atoms with van der Waals surface area (Å²) < 4.78 is 4.41. The Morgan fingerprint density at radius 1 is 1.86 bits per heavy atom. The minimum atomic E-state index is -0.285. The van der Waals surface area contributed by atoms with Gasteiger partial charge < -0.3 is 0 Å². The first-order valence-electron chi connectivity index (χ1n) is 1.72. The molecule has 0 unspecified atom stereocenters. The van der Waals surface area contributed by atoms with Crippen molar-refractivity contribution in [2.75, 3.05) is 0 Å². The molecule has 0 saturated carbocycles. The topological polar surface area (TPSA) is 26.3 Å². The van der Waals surface area contributed by atoms with Gasteiger partial charge in [0.15, 0.2) is 0 Å². The Morgan fingerprint density at radius 3 is 2.29 bits per heavy atom. The first-order valence-corrected chi connectivity index (χ1v) is 3.30. The summed E-state index contributed by atoms with van der Waals surface area (Å²) in [7, 11) is 0. The van der Waals surface area contributed by atoms with E-state index in [-0.39, 0.29) is 5.97 Å². The number of hydrogen-bond donors (Lipinski definition) is 0. The second kappa shape index (κ2) is 3.18. The van der Waals surface area contributed by atoms with Gasteiger partial charge in [-0.1, -0.05) is 0 Å². The van der Waals surface area contributed by atoms with Crippen LogP contribution in [0.5, 0.6) is 0 Å². The second-order valence-corrected chi connectivity index (χ2v) is 1.96. The zero-order valence-electron chi connectivity index (χ0n) is 4.02. The van der Waals surface area contributed by atoms with Gasteiger partial charge in [0.1, 0.15) is 0 Å². The molecule has 0 N–H and O–H groups in total. The summed E-state index contributed by atoms with van der Waals surface area (Å²) >= 11 is 0.460. The van der Waals surface area contributed by atoms with E-state index in [1.54, 1.807) is 6.92 Å². The fourth-order valence-electron chi connectivity index (χ4n) is 0.0871. The van der Waals surface area contributed by atoms with E-state index in [1.165, 1.54) is 0 Å². The molecule has 0 aromatic carbocycles. The maximum atomic E-state index is 10.2. The van der Waals surface area contributed by atoms with Crippen LogP contribution >= 0.6 is 0 Å². The number of carbonyl (C=O) groups excluding carboxylic acids is 1. The van der Waals surface area contributed by atoms with Crippen molar-refractivity contribution in [3.05, 3.63) is 12.2 Å². The summed E-state index contributed by atoms with van der Waals surface area (Å²) in [4.78, 5) is 10.2. The third-order valence-corrected chi connectivity index (χ3v) is 1.16. The van der Waals surface area contributed by atoms with Crippen molar-refractivity contribution in [3.8, 4) is 0 Å². The van der Waals surface area contributed by atoms with Crippen LogP contribution in [0.2, 0.25) is 0 Å². The van der Waals surface area contributed by atoms with Gasteiger partial charge in [-0.2, -0.15) is 0 Å². The molecule has 0 amide bonds. The van der Waals surface area contributed by atoms with E-state index in [2.05, 4.69) is 9.27 Å². The fourth-order valence-corrected chi connectivity index (χ4v) is 0.764. The average molecular weight is 292 g/mol. The number of carbonyl (C=O) groups is 1. The van der Waals surface area contributed by atoms with Crippen molar-refractivity contribution < 1.29 is 7.48 Å². The normalized spacial score (nSPS) is 7.71. The predicted octanol–water partition coefficient (Wildman–Crippen LogP) is 0.189. The van der Waals surface area contributed by atoms with E-state index in [4.69, 9.17) is 0 Å². The minimum absolute atomic E-state index is 0.285. The Labute approximate surface area is 58.9 Å². The first-order chi connectivity index (χ1) is 3.18. The van der Waals surface area contributed by atoms with E-state index in [0.29, 0.717) is 31.8 Å². The van der Waals surface area contributed by atoms with Crippen molar-refractivity contribution in [1.82, 2.24) is 0 Å². The zero-order valence-corrected chi connectivity index (χ0v) is 7.91. The van der Waals surface area contributed by atoms with Gasteiger partial charge in [-0.3, -0.25) is 0 Å². The van der Waals surface area contributed by atoms with Crippen LogP contribution in [0, 0.1) is 0 Å². The van der Waals surface area contributed by atoms with E-state index >= 15 is 0 Å². The van der Waals surface area contributed by atoms with Crippen molar-refractivity contribution in [2.45, 2.75) is 6.92 Å². The van der Waals surface area contributed by atoms with Gasteiger partial charge in [0.05, 0.1) is 0 Å². The van der Waals surface area contributed by atoms with Crippen LogP contribution in [0.3, 0.4) is 0 Å². The summed E-state index contributed by atoms with van der Waals surface area (Å²) in [5.74, 6) is -0.285. The molecule has 0 spiro atoms. The molecule has 0 fully saturated rings. The van der Waals surface area contributed by atoms with Crippen molar-refractivity contribution in [1.29, 1.82) is 0 Å². The second-order valence-electron chi connectivity index (χ2n) is 1.17. The molecule has 0 aromatic heterocycles. The molecule has 0 aromatic rings. The first kappa shape index (κ1) is 7.13. The molecular weight excluding hydrogens is 287 g/mol. The van der Waals surface area contributed by atoms with Crippen LogP contribution < -0.4 is 0 Å². The fraction of sp³-hybridized carbons (Fsp3) is 0.250. The molecular formula is C4H5O2Pb. The quantitative estimate of drug-likeness (QED) is 0.509. The molecule has 3 radical (unpaired) electrons. The average Bonchev–Trinajstić information content (AvgIpc) is 1.65. The van der Waals surface area contributed by atoms with E-state index in [0.717, 1.165) is 0 Å². The van der Waals surface area contributed by atoms with Crippen LogP contribution in [-0.4, -0.2) is 32.2 Å². The van der Waals surface area contributed by atoms with E-state index < -0.39 is 0 Å². The van der Waals surface area contributed by atoms with Gasteiger partial charge in [-0.15, -0.1) is 0 Å². The molecule has 0 aliphatic rings. The van der Waals surface area contributed by atoms with Crippen molar-refractivity contribution in [2.24, 2.45) is 0 Å². The van der Waals surface area contributed by atoms with Gasteiger partial charge in [0, 0.05) is 0 Å². The Morgan fingerprint density at radius 2 is 2.29 bits per heavy atom. The van der Waals surface area contributed by atoms with Crippen molar-refractivity contribution >= 4 is 32.2 Å². The molecule has 0 saturated heterocycles. The summed E-state index contributed by atoms with van der Waals surface area (Å²) in [6.45, 7) is 5.00. The molecule has 37 valence electrons. The standard InChI is InChI=1S/C4H6O2.Pb/c1-3(2)4(5)6;/h1H2,2H3,(H,5,6);/q;+1/p-1. The molecule has 3 heteroatoms. The summed E-state index contributed by atoms with van der Waals surface area (Å²) in [5.41, 5.74) is 0.468. The third kappa shape index (κ3) is 2.78. The van der Waals surface area contributed by atoms with Gasteiger partial charge in [0.25, 0.3) is 0 Å². The Balaban J connectivity index is 3.58. The van der Waals surface area contributed by atoms with Crippen molar-refractivity contribution in [3.63, 3.8) is 0 Å². The molecule has 0 bridgehead atoms. The zero-order chi connectivity index (χ0) is 5.86. The van der Waals surface area contributed by atoms with Gasteiger partial charge in [-0.05, 0) is 0 Å². The Hall–Kier alpha value is 0.132. The molecule has 0 rings (SSSR count). The molecule has 2 nitrogen and oxygen atoms in total.